The van der Waals surface area contributed by atoms with Crippen molar-refractivity contribution in [2.75, 3.05) is 20.8 Å². The summed E-state index contributed by atoms with van der Waals surface area (Å²) in [5.41, 5.74) is 1.04. The Labute approximate surface area is 95.8 Å². The summed E-state index contributed by atoms with van der Waals surface area (Å²) >= 11 is 0. The maximum Gasteiger partial charge on any atom is 0.409 e. The first-order valence-electron chi connectivity index (χ1n) is 5.18. The first-order valence-corrected chi connectivity index (χ1v) is 5.18. The SMILES string of the molecule is CCOC(=O)N(C)Cc1ccc(OC)cc1. The predicted molar refractivity (Wildman–Crippen MR) is 61.5 cm³/mol. The van der Waals surface area contributed by atoms with Crippen molar-refractivity contribution in [3.63, 3.8) is 0 Å². The summed E-state index contributed by atoms with van der Waals surface area (Å²) in [7, 11) is 3.34. The monoisotopic (exact) mass is 223 g/mol. The molecule has 0 spiro atoms. The minimum absolute atomic E-state index is 0.307. The zero-order valence-corrected chi connectivity index (χ0v) is 9.90. The lowest BCUT2D eigenvalue weighted by Crippen LogP contribution is -2.26. The lowest BCUT2D eigenvalue weighted by atomic mass is 10.2. The fourth-order valence-electron chi connectivity index (χ4n) is 1.30. The Morgan fingerprint density at radius 3 is 2.44 bits per heavy atom. The van der Waals surface area contributed by atoms with Crippen LogP contribution in [0.25, 0.3) is 0 Å². The van der Waals surface area contributed by atoms with Gasteiger partial charge < -0.3 is 14.4 Å². The van der Waals surface area contributed by atoms with Crippen LogP contribution in [0.4, 0.5) is 4.79 Å². The number of rotatable bonds is 4. The minimum atomic E-state index is -0.307. The second kappa shape index (κ2) is 6.00. The van der Waals surface area contributed by atoms with Gasteiger partial charge in [0.25, 0.3) is 0 Å². The Morgan fingerprint density at radius 1 is 1.31 bits per heavy atom. The molecule has 88 valence electrons. The summed E-state index contributed by atoms with van der Waals surface area (Å²) in [5.74, 6) is 0.808. The Kier molecular flexibility index (Phi) is 4.64. The summed E-state index contributed by atoms with van der Waals surface area (Å²) in [5, 5.41) is 0. The van der Waals surface area contributed by atoms with Gasteiger partial charge in [0.1, 0.15) is 5.75 Å². The van der Waals surface area contributed by atoms with Crippen LogP contribution in [0.5, 0.6) is 5.75 Å². The van der Waals surface area contributed by atoms with Crippen molar-refractivity contribution in [1.29, 1.82) is 0 Å². The number of carbonyl (C=O) groups is 1. The number of ether oxygens (including phenoxy) is 2. The van der Waals surface area contributed by atoms with E-state index in [0.717, 1.165) is 11.3 Å². The zero-order chi connectivity index (χ0) is 12.0. The van der Waals surface area contributed by atoms with Crippen molar-refractivity contribution in [1.82, 2.24) is 4.90 Å². The van der Waals surface area contributed by atoms with Crippen LogP contribution in [0.3, 0.4) is 0 Å². The molecule has 1 aromatic rings. The van der Waals surface area contributed by atoms with Gasteiger partial charge in [0, 0.05) is 13.6 Å². The summed E-state index contributed by atoms with van der Waals surface area (Å²) < 4.78 is 9.94. The molecular formula is C12H17NO3. The maximum absolute atomic E-state index is 11.3. The Morgan fingerprint density at radius 2 is 1.94 bits per heavy atom. The lowest BCUT2D eigenvalue weighted by molar-refractivity contribution is 0.114. The van der Waals surface area contributed by atoms with Gasteiger partial charge in [-0.1, -0.05) is 12.1 Å². The lowest BCUT2D eigenvalue weighted by Gasteiger charge is -2.16. The highest BCUT2D eigenvalue weighted by Gasteiger charge is 2.09. The molecule has 0 aromatic heterocycles. The number of nitrogens with zero attached hydrogens (tertiary/aromatic N) is 1. The molecule has 0 N–H and O–H groups in total. The van der Waals surface area contributed by atoms with Gasteiger partial charge in [-0.05, 0) is 24.6 Å². The van der Waals surface area contributed by atoms with Crippen molar-refractivity contribution in [3.05, 3.63) is 29.8 Å². The molecule has 1 amide bonds. The molecule has 16 heavy (non-hydrogen) atoms. The van der Waals surface area contributed by atoms with Crippen LogP contribution in [0, 0.1) is 0 Å². The molecule has 1 rings (SSSR count). The highest BCUT2D eigenvalue weighted by atomic mass is 16.6. The molecule has 0 saturated heterocycles. The third-order valence-corrected chi connectivity index (χ3v) is 2.16. The number of benzene rings is 1. The highest BCUT2D eigenvalue weighted by Crippen LogP contribution is 2.12. The largest absolute Gasteiger partial charge is 0.497 e. The van der Waals surface area contributed by atoms with Crippen molar-refractivity contribution < 1.29 is 14.3 Å². The van der Waals surface area contributed by atoms with Gasteiger partial charge in [-0.2, -0.15) is 0 Å². The standard InChI is InChI=1S/C12H17NO3/c1-4-16-12(14)13(2)9-10-5-7-11(15-3)8-6-10/h5-8H,4,9H2,1-3H3. The molecule has 0 saturated carbocycles. The van der Waals surface area contributed by atoms with Gasteiger partial charge >= 0.3 is 6.09 Å². The van der Waals surface area contributed by atoms with Crippen LogP contribution in [-0.2, 0) is 11.3 Å². The van der Waals surface area contributed by atoms with Crippen molar-refractivity contribution in [3.8, 4) is 5.75 Å². The van der Waals surface area contributed by atoms with E-state index in [1.54, 1.807) is 21.1 Å². The molecular weight excluding hydrogens is 206 g/mol. The van der Waals surface area contributed by atoms with E-state index in [-0.39, 0.29) is 6.09 Å². The van der Waals surface area contributed by atoms with E-state index in [2.05, 4.69) is 0 Å². The average molecular weight is 223 g/mol. The van der Waals surface area contributed by atoms with E-state index in [4.69, 9.17) is 9.47 Å². The van der Waals surface area contributed by atoms with Crippen LogP contribution in [0.1, 0.15) is 12.5 Å². The van der Waals surface area contributed by atoms with Gasteiger partial charge in [0.05, 0.1) is 13.7 Å². The molecule has 0 unspecified atom stereocenters. The van der Waals surface area contributed by atoms with E-state index >= 15 is 0 Å². The van der Waals surface area contributed by atoms with Crippen LogP contribution in [0.15, 0.2) is 24.3 Å². The first-order chi connectivity index (χ1) is 7.67. The molecule has 0 heterocycles. The second-order valence-electron chi connectivity index (χ2n) is 3.40. The fourth-order valence-corrected chi connectivity index (χ4v) is 1.30. The Bertz CT molecular complexity index is 335. The smallest absolute Gasteiger partial charge is 0.409 e. The van der Waals surface area contributed by atoms with Gasteiger partial charge in [0.2, 0.25) is 0 Å². The van der Waals surface area contributed by atoms with Gasteiger partial charge in [-0.3, -0.25) is 0 Å². The Balaban J connectivity index is 2.55. The van der Waals surface area contributed by atoms with Crippen molar-refractivity contribution in [2.24, 2.45) is 0 Å². The van der Waals surface area contributed by atoms with E-state index in [1.807, 2.05) is 24.3 Å². The molecule has 0 aliphatic rings. The van der Waals surface area contributed by atoms with Crippen LogP contribution < -0.4 is 4.74 Å². The average Bonchev–Trinajstić information content (AvgIpc) is 2.30. The van der Waals surface area contributed by atoms with Gasteiger partial charge in [-0.15, -0.1) is 0 Å². The summed E-state index contributed by atoms with van der Waals surface area (Å²) in [6.07, 6.45) is -0.307. The van der Waals surface area contributed by atoms with Crippen LogP contribution >= 0.6 is 0 Å². The quantitative estimate of drug-likeness (QED) is 0.786. The summed E-state index contributed by atoms with van der Waals surface area (Å²) in [4.78, 5) is 12.9. The summed E-state index contributed by atoms with van der Waals surface area (Å²) in [6, 6.07) is 7.59. The third-order valence-electron chi connectivity index (χ3n) is 2.16. The Hall–Kier alpha value is -1.71. The predicted octanol–water partition coefficient (Wildman–Crippen LogP) is 2.28. The molecule has 4 nitrogen and oxygen atoms in total. The van der Waals surface area contributed by atoms with E-state index in [0.29, 0.717) is 13.2 Å². The topological polar surface area (TPSA) is 38.8 Å². The van der Waals surface area contributed by atoms with Crippen LogP contribution in [-0.4, -0.2) is 31.8 Å². The van der Waals surface area contributed by atoms with Crippen molar-refractivity contribution in [2.45, 2.75) is 13.5 Å². The molecule has 0 aliphatic heterocycles. The van der Waals surface area contributed by atoms with E-state index in [1.165, 1.54) is 4.90 Å². The van der Waals surface area contributed by atoms with E-state index in [9.17, 15) is 4.79 Å². The highest BCUT2D eigenvalue weighted by molar-refractivity contribution is 5.67. The molecule has 0 bridgehead atoms. The molecule has 0 atom stereocenters. The molecule has 0 aliphatic carbocycles. The normalized spacial score (nSPS) is 9.69. The van der Waals surface area contributed by atoms with Crippen molar-refractivity contribution >= 4 is 6.09 Å². The molecule has 4 heteroatoms. The third kappa shape index (κ3) is 3.46. The van der Waals surface area contributed by atoms with Gasteiger partial charge in [0.15, 0.2) is 0 Å². The molecule has 0 fully saturated rings. The first kappa shape index (κ1) is 12.4. The fraction of sp³-hybridized carbons (Fsp3) is 0.417. The number of amides is 1. The number of methoxy groups -OCH3 is 1. The van der Waals surface area contributed by atoms with Crippen LogP contribution in [0.2, 0.25) is 0 Å². The summed E-state index contributed by atoms with van der Waals surface area (Å²) in [6.45, 7) is 2.72. The number of hydrogen-bond donors (Lipinski definition) is 0. The van der Waals surface area contributed by atoms with Gasteiger partial charge in [-0.25, -0.2) is 4.79 Å². The molecule has 1 aromatic carbocycles. The second-order valence-corrected chi connectivity index (χ2v) is 3.40. The molecule has 0 radical (unpaired) electrons. The minimum Gasteiger partial charge on any atom is -0.497 e. The van der Waals surface area contributed by atoms with E-state index < -0.39 is 0 Å². The maximum atomic E-state index is 11.3. The number of carbonyl (C=O) groups excluding carboxylic acids is 1. The zero-order valence-electron chi connectivity index (χ0n) is 9.90. The number of hydrogen-bond acceptors (Lipinski definition) is 3.